The van der Waals surface area contributed by atoms with Crippen molar-refractivity contribution in [2.24, 2.45) is 10.2 Å². The van der Waals surface area contributed by atoms with Gasteiger partial charge in [-0.2, -0.15) is 0 Å². The Bertz CT molecular complexity index is 897. The van der Waals surface area contributed by atoms with E-state index in [-0.39, 0.29) is 34.5 Å². The third kappa shape index (κ3) is 5.55. The monoisotopic (exact) mass is 448 g/mol. The van der Waals surface area contributed by atoms with Gasteiger partial charge in [-0.1, -0.05) is 19.3 Å². The lowest BCUT2D eigenvalue weighted by atomic mass is 9.94. The van der Waals surface area contributed by atoms with Crippen molar-refractivity contribution < 1.29 is 23.9 Å². The van der Waals surface area contributed by atoms with Crippen LogP contribution in [0.5, 0.6) is 0 Å². The minimum absolute atomic E-state index is 0.112. The SMILES string of the molecule is CCOC(=O)/C=C1\S/C(=N/N=C2\OC(C)(C)C(C)=C2C(=O)NC2CCCCC2)NC1=O. The molecule has 2 amide bonds. The van der Waals surface area contributed by atoms with E-state index in [0.29, 0.717) is 5.57 Å². The molecule has 3 aliphatic rings. The second-order valence-electron chi connectivity index (χ2n) is 8.05. The van der Waals surface area contributed by atoms with Gasteiger partial charge in [-0.05, 0) is 57.9 Å². The van der Waals surface area contributed by atoms with Gasteiger partial charge in [-0.25, -0.2) is 4.79 Å². The summed E-state index contributed by atoms with van der Waals surface area (Å²) < 4.78 is 10.7. The number of carbonyl (C=O) groups is 3. The average Bonchev–Trinajstić information content (AvgIpc) is 3.17. The van der Waals surface area contributed by atoms with Crippen LogP contribution in [0.3, 0.4) is 0 Å². The molecule has 2 fully saturated rings. The molecule has 3 rings (SSSR count). The van der Waals surface area contributed by atoms with E-state index in [2.05, 4.69) is 20.8 Å². The second kappa shape index (κ2) is 9.67. The van der Waals surface area contributed by atoms with E-state index in [1.54, 1.807) is 6.92 Å². The van der Waals surface area contributed by atoms with Crippen LogP contribution in [0.25, 0.3) is 0 Å². The first kappa shape index (κ1) is 23.1. The average molecular weight is 449 g/mol. The number of esters is 1. The molecular weight excluding hydrogens is 420 g/mol. The standard InChI is InChI=1S/C21H28N4O5S/c1-5-29-15(26)11-14-17(27)23-20(31-14)25-24-19-16(12(2)21(3,4)30-19)18(28)22-13-9-7-6-8-10-13/h11,13H,5-10H2,1-4H3,(H,22,28)(H,23,25,27)/b14-11-,24-19-. The van der Waals surface area contributed by atoms with E-state index in [9.17, 15) is 14.4 Å². The molecule has 31 heavy (non-hydrogen) atoms. The minimum atomic E-state index is -0.695. The van der Waals surface area contributed by atoms with Gasteiger partial charge >= 0.3 is 5.97 Å². The molecule has 0 radical (unpaired) electrons. The molecule has 0 aromatic carbocycles. The minimum Gasteiger partial charge on any atom is -0.465 e. The van der Waals surface area contributed by atoms with Crippen LogP contribution in [-0.4, -0.2) is 47.1 Å². The first-order valence-electron chi connectivity index (χ1n) is 10.5. The summed E-state index contributed by atoms with van der Waals surface area (Å²) in [5.74, 6) is -1.18. The fourth-order valence-corrected chi connectivity index (χ4v) is 4.26. The smallest absolute Gasteiger partial charge is 0.332 e. The van der Waals surface area contributed by atoms with Gasteiger partial charge < -0.3 is 14.8 Å². The number of hydrogen-bond donors (Lipinski definition) is 2. The second-order valence-corrected chi connectivity index (χ2v) is 9.08. The lowest BCUT2D eigenvalue weighted by molar-refractivity contribution is -0.137. The molecular formula is C21H28N4O5S. The lowest BCUT2D eigenvalue weighted by Crippen LogP contribution is -2.38. The molecule has 0 aromatic rings. The maximum absolute atomic E-state index is 13.0. The van der Waals surface area contributed by atoms with Gasteiger partial charge in [0.25, 0.3) is 11.8 Å². The summed E-state index contributed by atoms with van der Waals surface area (Å²) >= 11 is 0.965. The summed E-state index contributed by atoms with van der Waals surface area (Å²) in [5.41, 5.74) is 0.446. The number of hydrogen-bond acceptors (Lipinski definition) is 8. The van der Waals surface area contributed by atoms with Gasteiger partial charge in [0.1, 0.15) is 11.2 Å². The molecule has 0 aromatic heterocycles. The number of ether oxygens (including phenoxy) is 2. The number of nitrogens with zero attached hydrogens (tertiary/aromatic N) is 2. The van der Waals surface area contributed by atoms with Crippen LogP contribution in [0.2, 0.25) is 0 Å². The van der Waals surface area contributed by atoms with Gasteiger partial charge in [0.2, 0.25) is 5.90 Å². The first-order chi connectivity index (χ1) is 14.7. The molecule has 9 nitrogen and oxygen atoms in total. The highest BCUT2D eigenvalue weighted by atomic mass is 32.2. The summed E-state index contributed by atoms with van der Waals surface area (Å²) in [6, 6.07) is 0.151. The number of carbonyl (C=O) groups excluding carboxylic acids is 3. The predicted octanol–water partition coefficient (Wildman–Crippen LogP) is 2.54. The van der Waals surface area contributed by atoms with Gasteiger partial charge in [0, 0.05) is 12.1 Å². The Labute approximate surface area is 185 Å². The Hall–Kier alpha value is -2.62. The Kier molecular flexibility index (Phi) is 7.19. The first-order valence-corrected chi connectivity index (χ1v) is 11.3. The van der Waals surface area contributed by atoms with Crippen LogP contribution in [0.15, 0.2) is 32.3 Å². The van der Waals surface area contributed by atoms with Crippen LogP contribution in [0.1, 0.15) is 59.8 Å². The highest BCUT2D eigenvalue weighted by Crippen LogP contribution is 2.33. The zero-order valence-corrected chi connectivity index (χ0v) is 19.1. The molecule has 1 saturated heterocycles. The summed E-state index contributed by atoms with van der Waals surface area (Å²) in [6.07, 6.45) is 6.47. The molecule has 0 unspecified atom stereocenters. The number of amides is 2. The topological polar surface area (TPSA) is 118 Å². The van der Waals surface area contributed by atoms with Crippen LogP contribution in [0, 0.1) is 0 Å². The fourth-order valence-electron chi connectivity index (χ4n) is 3.53. The van der Waals surface area contributed by atoms with E-state index in [4.69, 9.17) is 9.47 Å². The van der Waals surface area contributed by atoms with Crippen molar-refractivity contribution in [3.8, 4) is 0 Å². The molecule has 2 heterocycles. The number of thioether (sulfide) groups is 1. The molecule has 1 saturated carbocycles. The van der Waals surface area contributed by atoms with E-state index < -0.39 is 17.5 Å². The van der Waals surface area contributed by atoms with Gasteiger partial charge in [-0.15, -0.1) is 10.2 Å². The van der Waals surface area contributed by atoms with E-state index >= 15 is 0 Å². The Morgan fingerprint density at radius 3 is 2.68 bits per heavy atom. The van der Waals surface area contributed by atoms with Crippen molar-refractivity contribution >= 4 is 40.6 Å². The lowest BCUT2D eigenvalue weighted by Gasteiger charge is -2.22. The van der Waals surface area contributed by atoms with Crippen LogP contribution in [-0.2, 0) is 23.9 Å². The Morgan fingerprint density at radius 1 is 1.29 bits per heavy atom. The fraction of sp³-hybridized carbons (Fsp3) is 0.571. The maximum atomic E-state index is 13.0. The largest absolute Gasteiger partial charge is 0.465 e. The van der Waals surface area contributed by atoms with E-state index in [1.807, 2.05) is 20.8 Å². The van der Waals surface area contributed by atoms with Crippen molar-refractivity contribution in [1.82, 2.24) is 10.6 Å². The summed E-state index contributed by atoms with van der Waals surface area (Å²) in [5, 5.41) is 14.0. The van der Waals surface area contributed by atoms with Crippen molar-refractivity contribution in [2.75, 3.05) is 6.61 Å². The van der Waals surface area contributed by atoms with Gasteiger partial charge in [0.15, 0.2) is 5.17 Å². The summed E-state index contributed by atoms with van der Waals surface area (Å²) in [4.78, 5) is 36.8. The molecule has 0 atom stereocenters. The van der Waals surface area contributed by atoms with Crippen LogP contribution < -0.4 is 10.6 Å². The number of amidine groups is 1. The Morgan fingerprint density at radius 2 is 2.00 bits per heavy atom. The van der Waals surface area contributed by atoms with E-state index in [1.165, 1.54) is 6.42 Å². The zero-order chi connectivity index (χ0) is 22.6. The number of nitrogens with one attached hydrogen (secondary N) is 2. The van der Waals surface area contributed by atoms with Crippen LogP contribution in [0.4, 0.5) is 0 Å². The highest BCUT2D eigenvalue weighted by molar-refractivity contribution is 8.18. The zero-order valence-electron chi connectivity index (χ0n) is 18.2. The van der Waals surface area contributed by atoms with Crippen molar-refractivity contribution in [2.45, 2.75) is 71.4 Å². The summed E-state index contributed by atoms with van der Waals surface area (Å²) in [6.45, 7) is 7.46. The molecule has 1 aliphatic carbocycles. The molecule has 2 aliphatic heterocycles. The molecule has 2 N–H and O–H groups in total. The van der Waals surface area contributed by atoms with Crippen molar-refractivity contribution in [3.63, 3.8) is 0 Å². The van der Waals surface area contributed by atoms with Gasteiger partial charge in [0.05, 0.1) is 11.5 Å². The van der Waals surface area contributed by atoms with E-state index in [0.717, 1.165) is 49.1 Å². The molecule has 0 spiro atoms. The van der Waals surface area contributed by atoms with Crippen molar-refractivity contribution in [3.05, 3.63) is 22.1 Å². The highest BCUT2D eigenvalue weighted by Gasteiger charge is 2.40. The quantitative estimate of drug-likeness (QED) is 0.379. The normalized spacial score (nSPS) is 25.2. The third-order valence-electron chi connectivity index (χ3n) is 5.43. The molecule has 10 heteroatoms. The summed E-state index contributed by atoms with van der Waals surface area (Å²) in [7, 11) is 0. The van der Waals surface area contributed by atoms with Crippen molar-refractivity contribution in [1.29, 1.82) is 0 Å². The predicted molar refractivity (Wildman–Crippen MR) is 118 cm³/mol. The third-order valence-corrected chi connectivity index (χ3v) is 6.33. The van der Waals surface area contributed by atoms with Gasteiger partial charge in [-0.3, -0.25) is 14.9 Å². The van der Waals surface area contributed by atoms with Crippen LogP contribution >= 0.6 is 11.8 Å². The molecule has 0 bridgehead atoms. The number of rotatable bonds is 5. The molecule has 168 valence electrons. The maximum Gasteiger partial charge on any atom is 0.332 e. The Balaban J connectivity index is 1.78.